The molecule has 2 aliphatic heterocycles. The molecule has 178 valence electrons. The number of rotatable bonds is 6. The molecular weight excluding hydrogens is 407 g/mol. The van der Waals surface area contributed by atoms with Crippen molar-refractivity contribution in [1.29, 1.82) is 0 Å². The van der Waals surface area contributed by atoms with Gasteiger partial charge in [0.1, 0.15) is 0 Å². The third-order valence-corrected chi connectivity index (χ3v) is 6.92. The van der Waals surface area contributed by atoms with Gasteiger partial charge in [-0.1, -0.05) is 13.8 Å². The van der Waals surface area contributed by atoms with E-state index in [0.29, 0.717) is 5.95 Å². The average molecular weight is 446 g/mol. The number of anilines is 1. The normalized spacial score (nSPS) is 27.0. The topological polar surface area (TPSA) is 85.8 Å². The Morgan fingerprint density at radius 2 is 1.62 bits per heavy atom. The molecule has 1 aromatic rings. The van der Waals surface area contributed by atoms with E-state index in [1.165, 1.54) is 0 Å². The van der Waals surface area contributed by atoms with Gasteiger partial charge >= 0.3 is 13.2 Å². The van der Waals surface area contributed by atoms with Gasteiger partial charge in [-0.15, -0.1) is 0 Å². The van der Waals surface area contributed by atoms with Crippen LogP contribution in [0.5, 0.6) is 0 Å². The van der Waals surface area contributed by atoms with Crippen LogP contribution in [0.15, 0.2) is 12.4 Å². The fraction of sp³-hybridized carbons (Fsp3) is 0.783. The number of hydrogen-bond acceptors (Lipinski definition) is 7. The Bertz CT molecular complexity index is 757. The largest absolute Gasteiger partial charge is 0.498 e. The van der Waals surface area contributed by atoms with Crippen LogP contribution in [0.25, 0.3) is 0 Å². The summed E-state index contributed by atoms with van der Waals surface area (Å²) < 4.78 is 17.7. The number of amides is 1. The second-order valence-electron chi connectivity index (χ2n) is 10.2. The number of nitrogens with zero attached hydrogens (tertiary/aromatic N) is 3. The van der Waals surface area contributed by atoms with E-state index < -0.39 is 18.3 Å². The summed E-state index contributed by atoms with van der Waals surface area (Å²) in [6.45, 7) is 16.1. The predicted molar refractivity (Wildman–Crippen MR) is 126 cm³/mol. The first-order valence-corrected chi connectivity index (χ1v) is 11.9. The van der Waals surface area contributed by atoms with Crippen LogP contribution in [0, 0.1) is 0 Å². The van der Waals surface area contributed by atoms with Crippen molar-refractivity contribution in [3.8, 4) is 0 Å². The maximum absolute atomic E-state index is 12.7. The Morgan fingerprint density at radius 1 is 1.12 bits per heavy atom. The van der Waals surface area contributed by atoms with E-state index in [9.17, 15) is 4.79 Å². The van der Waals surface area contributed by atoms with Gasteiger partial charge in [0.05, 0.1) is 17.3 Å². The number of nitrogens with one attached hydrogen (secondary N) is 1. The Hall–Kier alpha value is -1.87. The zero-order valence-corrected chi connectivity index (χ0v) is 20.8. The van der Waals surface area contributed by atoms with Crippen molar-refractivity contribution in [2.24, 2.45) is 0 Å². The number of piperidine rings is 1. The highest BCUT2D eigenvalue weighted by molar-refractivity contribution is 6.61. The zero-order chi connectivity index (χ0) is 23.7. The van der Waals surface area contributed by atoms with E-state index >= 15 is 0 Å². The van der Waals surface area contributed by atoms with Gasteiger partial charge in [-0.05, 0) is 67.2 Å². The Morgan fingerprint density at radius 3 is 2.06 bits per heavy atom. The molecule has 2 fully saturated rings. The summed E-state index contributed by atoms with van der Waals surface area (Å²) in [4.78, 5) is 23.7. The number of likely N-dealkylation sites (tertiary alicyclic amines) is 1. The molecule has 0 radical (unpaired) electrons. The molecule has 1 aromatic heterocycles. The fourth-order valence-corrected chi connectivity index (χ4v) is 4.38. The molecule has 2 aliphatic rings. The van der Waals surface area contributed by atoms with Gasteiger partial charge < -0.3 is 24.3 Å². The molecule has 3 heterocycles. The summed E-state index contributed by atoms with van der Waals surface area (Å²) in [5, 5.41) is 3.48. The first-order valence-electron chi connectivity index (χ1n) is 11.9. The minimum atomic E-state index is -0.474. The predicted octanol–water partition coefficient (Wildman–Crippen LogP) is 3.75. The summed E-state index contributed by atoms with van der Waals surface area (Å²) in [6, 6.07) is 0.443. The lowest BCUT2D eigenvalue weighted by Gasteiger charge is -2.44. The van der Waals surface area contributed by atoms with Crippen molar-refractivity contribution >= 4 is 24.6 Å². The molecule has 1 amide bonds. The van der Waals surface area contributed by atoms with E-state index in [1.54, 1.807) is 12.4 Å². The molecule has 3 rings (SSSR count). The van der Waals surface area contributed by atoms with Crippen LogP contribution in [0.3, 0.4) is 0 Å². The minimum absolute atomic E-state index is 0.121. The van der Waals surface area contributed by atoms with Crippen molar-refractivity contribution in [3.63, 3.8) is 0 Å². The molecule has 8 nitrogen and oxygen atoms in total. The second kappa shape index (κ2) is 9.55. The van der Waals surface area contributed by atoms with Gasteiger partial charge in [-0.3, -0.25) is 0 Å². The van der Waals surface area contributed by atoms with Gasteiger partial charge in [-0.25, -0.2) is 14.8 Å². The first-order chi connectivity index (χ1) is 15.0. The van der Waals surface area contributed by atoms with Crippen LogP contribution in [0.2, 0.25) is 0 Å². The number of ether oxygens (including phenoxy) is 1. The lowest BCUT2D eigenvalue weighted by molar-refractivity contribution is 0.00578. The van der Waals surface area contributed by atoms with Gasteiger partial charge in [0.25, 0.3) is 0 Å². The summed E-state index contributed by atoms with van der Waals surface area (Å²) >= 11 is 0. The van der Waals surface area contributed by atoms with Crippen LogP contribution in [-0.4, -0.2) is 63.5 Å². The molecule has 32 heavy (non-hydrogen) atoms. The Balaban J connectivity index is 1.66. The molecule has 3 atom stereocenters. The van der Waals surface area contributed by atoms with Crippen molar-refractivity contribution in [3.05, 3.63) is 12.4 Å². The van der Waals surface area contributed by atoms with Crippen LogP contribution < -0.4 is 10.8 Å². The van der Waals surface area contributed by atoms with E-state index in [2.05, 4.69) is 29.1 Å². The molecule has 0 unspecified atom stereocenters. The van der Waals surface area contributed by atoms with Gasteiger partial charge in [0.15, 0.2) is 0 Å². The van der Waals surface area contributed by atoms with E-state index in [-0.39, 0.29) is 30.3 Å². The molecule has 2 saturated heterocycles. The molecular formula is C23H39BN4O4. The molecule has 0 spiro atoms. The van der Waals surface area contributed by atoms with Crippen LogP contribution in [0.1, 0.15) is 81.1 Å². The maximum atomic E-state index is 12.7. The number of carbonyl (C=O) groups excluding carboxylic acids is 1. The average Bonchev–Trinajstić information content (AvgIpc) is 2.94. The van der Waals surface area contributed by atoms with Crippen molar-refractivity contribution in [2.75, 3.05) is 5.32 Å². The number of hydrogen-bond donors (Lipinski definition) is 1. The smallest absolute Gasteiger partial charge is 0.447 e. The third-order valence-electron chi connectivity index (χ3n) is 6.92. The summed E-state index contributed by atoms with van der Waals surface area (Å²) in [6.07, 6.45) is 6.63. The monoisotopic (exact) mass is 446 g/mol. The van der Waals surface area contributed by atoms with Gasteiger partial charge in [-0.2, -0.15) is 0 Å². The number of carbonyl (C=O) groups is 1. The summed E-state index contributed by atoms with van der Waals surface area (Å²) in [7, 11) is -0.474. The van der Waals surface area contributed by atoms with Crippen LogP contribution in [0.4, 0.5) is 10.7 Å². The molecule has 0 aromatic carbocycles. The first kappa shape index (κ1) is 24.8. The summed E-state index contributed by atoms with van der Waals surface area (Å²) in [5.74, 6) is 0.582. The Labute approximate surface area is 192 Å². The van der Waals surface area contributed by atoms with Crippen LogP contribution in [-0.2, 0) is 14.0 Å². The highest BCUT2D eigenvalue weighted by Crippen LogP contribution is 2.36. The van der Waals surface area contributed by atoms with Gasteiger partial charge in [0, 0.05) is 36.0 Å². The van der Waals surface area contributed by atoms with E-state index in [1.807, 2.05) is 46.4 Å². The molecule has 9 heteroatoms. The van der Waals surface area contributed by atoms with Crippen LogP contribution >= 0.6 is 0 Å². The van der Waals surface area contributed by atoms with E-state index in [4.69, 9.17) is 14.0 Å². The SMILES string of the molecule is CC[C@@H]1C[C@H](Nc2ncc(B3OC(C)(C)C(C)(C)O3)cn2)C[C@H](CC)N1C(=O)OC(C)C. The van der Waals surface area contributed by atoms with Gasteiger partial charge in [0.2, 0.25) is 5.95 Å². The molecule has 1 N–H and O–H groups in total. The van der Waals surface area contributed by atoms with Crippen molar-refractivity contribution in [1.82, 2.24) is 14.9 Å². The standard InChI is InChI=1S/C23H39BN4O4/c1-9-18-11-17(12-19(10-2)28(18)21(29)30-15(3)4)27-20-25-13-16(14-26-20)24-31-22(5,6)23(7,8)32-24/h13-15,17-19H,9-12H2,1-8H3,(H,25,26,27)/t17-,18+,19-. The molecule has 0 bridgehead atoms. The zero-order valence-electron chi connectivity index (χ0n) is 20.8. The lowest BCUT2D eigenvalue weighted by atomic mass is 9.81. The highest BCUT2D eigenvalue weighted by Gasteiger charge is 2.52. The van der Waals surface area contributed by atoms with E-state index in [0.717, 1.165) is 31.1 Å². The second-order valence-corrected chi connectivity index (χ2v) is 10.2. The summed E-state index contributed by atoms with van der Waals surface area (Å²) in [5.41, 5.74) is 0.00560. The maximum Gasteiger partial charge on any atom is 0.498 e. The van der Waals surface area contributed by atoms with Crippen molar-refractivity contribution < 1.29 is 18.8 Å². The molecule has 0 aliphatic carbocycles. The Kier molecular flexibility index (Phi) is 7.39. The fourth-order valence-electron chi connectivity index (χ4n) is 4.38. The highest BCUT2D eigenvalue weighted by atomic mass is 16.7. The lowest BCUT2D eigenvalue weighted by Crippen LogP contribution is -2.55. The third kappa shape index (κ3) is 5.20. The minimum Gasteiger partial charge on any atom is -0.447 e. The van der Waals surface area contributed by atoms with Crippen molar-refractivity contribution in [2.45, 2.75) is 117 Å². The quantitative estimate of drug-likeness (QED) is 0.666. The number of aromatic nitrogens is 2. The molecule has 0 saturated carbocycles.